The number of carboxylic acid groups (broad SMARTS) is 1. The SMILES string of the molecule is CC(C(N)C(=O)Nc1cc(CCC(=O)O)ccc1F)C(F)(F)F. The van der Waals surface area contributed by atoms with E-state index in [9.17, 15) is 27.2 Å². The maximum absolute atomic E-state index is 13.6. The number of aryl methyl sites for hydroxylation is 1. The van der Waals surface area contributed by atoms with Crippen molar-refractivity contribution in [2.24, 2.45) is 11.7 Å². The predicted octanol–water partition coefficient (Wildman–Crippen LogP) is 2.31. The first-order valence-corrected chi connectivity index (χ1v) is 6.65. The van der Waals surface area contributed by atoms with Gasteiger partial charge in [-0.1, -0.05) is 13.0 Å². The van der Waals surface area contributed by atoms with Crippen LogP contribution in [-0.4, -0.2) is 29.2 Å². The van der Waals surface area contributed by atoms with Crippen LogP contribution in [-0.2, 0) is 16.0 Å². The largest absolute Gasteiger partial charge is 0.481 e. The third-order valence-corrected chi connectivity index (χ3v) is 3.27. The number of aliphatic carboxylic acids is 1. The van der Waals surface area contributed by atoms with Crippen LogP contribution in [0, 0.1) is 11.7 Å². The lowest BCUT2D eigenvalue weighted by atomic mass is 10.0. The topological polar surface area (TPSA) is 92.4 Å². The number of benzene rings is 1. The lowest BCUT2D eigenvalue weighted by Gasteiger charge is -2.22. The van der Waals surface area contributed by atoms with Gasteiger partial charge in [0.2, 0.25) is 5.91 Å². The summed E-state index contributed by atoms with van der Waals surface area (Å²) < 4.78 is 51.2. The molecule has 0 radical (unpaired) electrons. The highest BCUT2D eigenvalue weighted by Crippen LogP contribution is 2.28. The lowest BCUT2D eigenvalue weighted by molar-refractivity contribution is -0.176. The molecule has 0 fully saturated rings. The lowest BCUT2D eigenvalue weighted by Crippen LogP contribution is -2.46. The number of carbonyl (C=O) groups is 2. The molecular formula is C14H16F4N2O3. The zero-order valence-corrected chi connectivity index (χ0v) is 12.2. The summed E-state index contributed by atoms with van der Waals surface area (Å²) in [4.78, 5) is 22.2. The van der Waals surface area contributed by atoms with E-state index in [4.69, 9.17) is 10.8 Å². The van der Waals surface area contributed by atoms with Crippen molar-refractivity contribution in [3.8, 4) is 0 Å². The zero-order chi connectivity index (χ0) is 17.8. The molecule has 0 aromatic heterocycles. The number of nitrogens with one attached hydrogen (secondary N) is 1. The highest BCUT2D eigenvalue weighted by Gasteiger charge is 2.42. The molecule has 23 heavy (non-hydrogen) atoms. The van der Waals surface area contributed by atoms with Gasteiger partial charge in [-0.3, -0.25) is 9.59 Å². The zero-order valence-electron chi connectivity index (χ0n) is 12.2. The van der Waals surface area contributed by atoms with Gasteiger partial charge < -0.3 is 16.2 Å². The molecule has 0 saturated carbocycles. The van der Waals surface area contributed by atoms with Gasteiger partial charge in [0.05, 0.1) is 17.6 Å². The van der Waals surface area contributed by atoms with Crippen LogP contribution < -0.4 is 11.1 Å². The van der Waals surface area contributed by atoms with E-state index in [1.54, 1.807) is 0 Å². The van der Waals surface area contributed by atoms with E-state index in [-0.39, 0.29) is 18.5 Å². The summed E-state index contributed by atoms with van der Waals surface area (Å²) in [6.07, 6.45) is -4.77. The minimum atomic E-state index is -4.65. The molecule has 0 heterocycles. The van der Waals surface area contributed by atoms with Crippen molar-refractivity contribution in [1.29, 1.82) is 0 Å². The minimum Gasteiger partial charge on any atom is -0.481 e. The van der Waals surface area contributed by atoms with Crippen molar-refractivity contribution in [1.82, 2.24) is 0 Å². The Labute approximate surface area is 129 Å². The first-order chi connectivity index (χ1) is 10.5. The van der Waals surface area contributed by atoms with Gasteiger partial charge in [0.25, 0.3) is 0 Å². The Morgan fingerprint density at radius 1 is 1.35 bits per heavy atom. The molecular weight excluding hydrogens is 320 g/mol. The number of amides is 1. The molecule has 0 bridgehead atoms. The Morgan fingerprint density at radius 2 is 1.96 bits per heavy atom. The van der Waals surface area contributed by atoms with Gasteiger partial charge in [-0.15, -0.1) is 0 Å². The van der Waals surface area contributed by atoms with Crippen molar-refractivity contribution in [3.05, 3.63) is 29.6 Å². The number of anilines is 1. The minimum absolute atomic E-state index is 0.0868. The molecule has 1 aromatic rings. The molecule has 1 amide bonds. The molecule has 1 aromatic carbocycles. The molecule has 2 atom stereocenters. The summed E-state index contributed by atoms with van der Waals surface area (Å²) in [6, 6.07) is 1.59. The molecule has 0 spiro atoms. The molecule has 4 N–H and O–H groups in total. The van der Waals surface area contributed by atoms with Gasteiger partial charge in [0.15, 0.2) is 0 Å². The van der Waals surface area contributed by atoms with Crippen molar-refractivity contribution in [2.75, 3.05) is 5.32 Å². The summed E-state index contributed by atoms with van der Waals surface area (Å²) in [6.45, 7) is 0.754. The Kier molecular flexibility index (Phi) is 6.08. The van der Waals surface area contributed by atoms with E-state index in [0.29, 0.717) is 5.56 Å². The third kappa shape index (κ3) is 5.51. The average molecular weight is 336 g/mol. The number of carboxylic acids is 1. The summed E-state index contributed by atoms with van der Waals surface area (Å²) in [5.41, 5.74) is 5.32. The van der Waals surface area contributed by atoms with E-state index in [2.05, 4.69) is 0 Å². The van der Waals surface area contributed by atoms with Crippen LogP contribution in [0.3, 0.4) is 0 Å². The van der Waals surface area contributed by atoms with Crippen LogP contribution >= 0.6 is 0 Å². The second kappa shape index (κ2) is 7.40. The van der Waals surface area contributed by atoms with Crippen LogP contribution in [0.2, 0.25) is 0 Å². The summed E-state index contributed by atoms with van der Waals surface area (Å²) >= 11 is 0. The van der Waals surface area contributed by atoms with E-state index in [0.717, 1.165) is 13.0 Å². The Hall–Kier alpha value is -2.16. The van der Waals surface area contributed by atoms with Gasteiger partial charge in [-0.05, 0) is 24.1 Å². The smallest absolute Gasteiger partial charge is 0.393 e. The first-order valence-electron chi connectivity index (χ1n) is 6.65. The Balaban J connectivity index is 2.85. The summed E-state index contributed by atoms with van der Waals surface area (Å²) in [5, 5.41) is 10.6. The molecule has 1 rings (SSSR count). The number of rotatable bonds is 6. The van der Waals surface area contributed by atoms with Crippen LogP contribution in [0.1, 0.15) is 18.9 Å². The summed E-state index contributed by atoms with van der Waals surface area (Å²) in [5.74, 6) is -5.19. The molecule has 9 heteroatoms. The van der Waals surface area contributed by atoms with Crippen LogP contribution in [0.5, 0.6) is 0 Å². The molecule has 0 aliphatic rings. The molecule has 0 aliphatic heterocycles. The number of nitrogens with two attached hydrogens (primary N) is 1. The van der Waals surface area contributed by atoms with Gasteiger partial charge in [0, 0.05) is 6.42 Å². The van der Waals surface area contributed by atoms with E-state index in [1.165, 1.54) is 12.1 Å². The van der Waals surface area contributed by atoms with Crippen LogP contribution in [0.25, 0.3) is 0 Å². The summed E-state index contributed by atoms with van der Waals surface area (Å²) in [7, 11) is 0. The van der Waals surface area contributed by atoms with E-state index < -0.39 is 35.8 Å². The Morgan fingerprint density at radius 3 is 2.48 bits per heavy atom. The van der Waals surface area contributed by atoms with Crippen LogP contribution in [0.15, 0.2) is 18.2 Å². The fourth-order valence-electron chi connectivity index (χ4n) is 1.72. The highest BCUT2D eigenvalue weighted by molar-refractivity contribution is 5.95. The molecule has 128 valence electrons. The molecule has 5 nitrogen and oxygen atoms in total. The maximum atomic E-state index is 13.6. The second-order valence-electron chi connectivity index (χ2n) is 5.05. The molecule has 0 saturated heterocycles. The van der Waals surface area contributed by atoms with E-state index >= 15 is 0 Å². The normalized spacial score (nSPS) is 14.2. The highest BCUT2D eigenvalue weighted by atomic mass is 19.4. The number of hydrogen-bond donors (Lipinski definition) is 3. The average Bonchev–Trinajstić information content (AvgIpc) is 2.45. The standard InChI is InChI=1S/C14H16F4N2O3/c1-7(14(16,17)18)12(19)13(23)20-10-6-8(2-4-9(10)15)3-5-11(21)22/h2,4,6-7,12H,3,5,19H2,1H3,(H,20,23)(H,21,22). The van der Waals surface area contributed by atoms with Crippen molar-refractivity contribution in [3.63, 3.8) is 0 Å². The first kappa shape index (κ1) is 18.9. The number of hydrogen-bond acceptors (Lipinski definition) is 3. The number of alkyl halides is 3. The predicted molar refractivity (Wildman–Crippen MR) is 74.2 cm³/mol. The maximum Gasteiger partial charge on any atom is 0.393 e. The van der Waals surface area contributed by atoms with Crippen molar-refractivity contribution in [2.45, 2.75) is 32.0 Å². The second-order valence-corrected chi connectivity index (χ2v) is 5.05. The number of halogens is 4. The fourth-order valence-corrected chi connectivity index (χ4v) is 1.72. The van der Waals surface area contributed by atoms with Gasteiger partial charge in [-0.2, -0.15) is 13.2 Å². The van der Waals surface area contributed by atoms with Crippen LogP contribution in [0.4, 0.5) is 23.2 Å². The number of carbonyl (C=O) groups excluding carboxylic acids is 1. The van der Waals surface area contributed by atoms with Gasteiger partial charge in [0.1, 0.15) is 5.82 Å². The fraction of sp³-hybridized carbons (Fsp3) is 0.429. The molecule has 0 aliphatic carbocycles. The van der Waals surface area contributed by atoms with Crippen molar-refractivity contribution >= 4 is 17.6 Å². The van der Waals surface area contributed by atoms with Gasteiger partial charge in [-0.25, -0.2) is 4.39 Å². The third-order valence-electron chi connectivity index (χ3n) is 3.27. The quantitative estimate of drug-likeness (QED) is 0.695. The van der Waals surface area contributed by atoms with E-state index in [1.807, 2.05) is 5.32 Å². The molecule has 2 unspecified atom stereocenters. The Bertz CT molecular complexity index is 590. The van der Waals surface area contributed by atoms with Gasteiger partial charge >= 0.3 is 12.1 Å². The van der Waals surface area contributed by atoms with Crippen molar-refractivity contribution < 1.29 is 32.3 Å². The monoisotopic (exact) mass is 336 g/mol.